The SMILES string of the molecule is Cc1cc(CNc2cc(N3CCC(NC(C)(C)C)CC3)c3ccccc3n2)ccc1Cl. The molecule has 164 valence electrons. The van der Waals surface area contributed by atoms with Crippen molar-refractivity contribution in [1.82, 2.24) is 10.3 Å². The summed E-state index contributed by atoms with van der Waals surface area (Å²) in [4.78, 5) is 7.39. The van der Waals surface area contributed by atoms with Crippen LogP contribution >= 0.6 is 11.6 Å². The van der Waals surface area contributed by atoms with Gasteiger partial charge >= 0.3 is 0 Å². The molecule has 1 fully saturated rings. The molecule has 0 atom stereocenters. The molecule has 2 aromatic carbocycles. The van der Waals surface area contributed by atoms with E-state index in [1.807, 2.05) is 13.0 Å². The molecule has 0 saturated carbocycles. The van der Waals surface area contributed by atoms with Crippen molar-refractivity contribution in [3.8, 4) is 0 Å². The highest BCUT2D eigenvalue weighted by atomic mass is 35.5. The third-order valence-corrected chi connectivity index (χ3v) is 6.29. The quantitative estimate of drug-likeness (QED) is 0.502. The van der Waals surface area contributed by atoms with Gasteiger partial charge in [0.2, 0.25) is 0 Å². The van der Waals surface area contributed by atoms with E-state index in [4.69, 9.17) is 16.6 Å². The van der Waals surface area contributed by atoms with Gasteiger partial charge in [-0.2, -0.15) is 0 Å². The predicted octanol–water partition coefficient (Wildman–Crippen LogP) is 6.17. The average Bonchev–Trinajstić information content (AvgIpc) is 2.73. The number of benzene rings is 2. The number of para-hydroxylation sites is 1. The molecule has 4 nitrogen and oxygen atoms in total. The van der Waals surface area contributed by atoms with Gasteiger partial charge in [0.25, 0.3) is 0 Å². The third-order valence-electron chi connectivity index (χ3n) is 5.86. The van der Waals surface area contributed by atoms with Crippen LogP contribution in [0, 0.1) is 6.92 Å². The van der Waals surface area contributed by atoms with E-state index < -0.39 is 0 Å². The van der Waals surface area contributed by atoms with Crippen LogP contribution in [0.25, 0.3) is 10.9 Å². The normalized spacial score (nSPS) is 15.5. The molecule has 0 radical (unpaired) electrons. The summed E-state index contributed by atoms with van der Waals surface area (Å²) in [6, 6.07) is 17.4. The smallest absolute Gasteiger partial charge is 0.129 e. The molecule has 0 aliphatic carbocycles. The van der Waals surface area contributed by atoms with E-state index in [9.17, 15) is 0 Å². The maximum atomic E-state index is 6.17. The van der Waals surface area contributed by atoms with E-state index in [1.165, 1.54) is 16.6 Å². The Morgan fingerprint density at radius 1 is 1.06 bits per heavy atom. The number of rotatable bonds is 5. The number of nitrogens with one attached hydrogen (secondary N) is 2. The Balaban J connectivity index is 1.53. The first-order chi connectivity index (χ1) is 14.8. The Labute approximate surface area is 191 Å². The van der Waals surface area contributed by atoms with Gasteiger partial charge in [0.05, 0.1) is 5.52 Å². The molecule has 2 heterocycles. The largest absolute Gasteiger partial charge is 0.371 e. The highest BCUT2D eigenvalue weighted by Crippen LogP contribution is 2.31. The Kier molecular flexibility index (Phi) is 6.40. The molecular weight excluding hydrogens is 404 g/mol. The van der Waals surface area contributed by atoms with Crippen molar-refractivity contribution >= 4 is 34.0 Å². The molecule has 1 aliphatic heterocycles. The minimum Gasteiger partial charge on any atom is -0.371 e. The van der Waals surface area contributed by atoms with E-state index in [1.54, 1.807) is 0 Å². The lowest BCUT2D eigenvalue weighted by molar-refractivity contribution is 0.317. The van der Waals surface area contributed by atoms with E-state index in [0.29, 0.717) is 6.04 Å². The summed E-state index contributed by atoms with van der Waals surface area (Å²) < 4.78 is 0. The maximum absolute atomic E-state index is 6.17. The lowest BCUT2D eigenvalue weighted by Crippen LogP contribution is -2.49. The lowest BCUT2D eigenvalue weighted by Gasteiger charge is -2.37. The Morgan fingerprint density at radius 3 is 2.52 bits per heavy atom. The highest BCUT2D eigenvalue weighted by Gasteiger charge is 2.24. The van der Waals surface area contributed by atoms with Gasteiger partial charge in [-0.1, -0.05) is 41.9 Å². The molecule has 0 amide bonds. The molecule has 5 heteroatoms. The van der Waals surface area contributed by atoms with Crippen molar-refractivity contribution in [3.63, 3.8) is 0 Å². The standard InChI is InChI=1S/C26H33ClN4/c1-18-15-19(9-10-22(18)27)17-28-25-16-24(21-7-5-6-8-23(21)29-25)31-13-11-20(12-14-31)30-26(2,3)4/h5-10,15-16,20,30H,11-14,17H2,1-4H3,(H,28,29). The molecule has 1 saturated heterocycles. The van der Waals surface area contributed by atoms with Crippen molar-refractivity contribution in [2.45, 2.75) is 58.7 Å². The average molecular weight is 437 g/mol. The molecule has 2 N–H and O–H groups in total. The minimum atomic E-state index is 0.160. The Bertz CT molecular complexity index is 1050. The van der Waals surface area contributed by atoms with Crippen LogP contribution in [0.15, 0.2) is 48.5 Å². The second-order valence-corrected chi connectivity index (χ2v) is 10.0. The van der Waals surface area contributed by atoms with Gasteiger partial charge in [0.15, 0.2) is 0 Å². The summed E-state index contributed by atoms with van der Waals surface area (Å²) >= 11 is 6.17. The van der Waals surface area contributed by atoms with Gasteiger partial charge in [-0.05, 0) is 63.8 Å². The number of anilines is 2. The fourth-order valence-corrected chi connectivity index (χ4v) is 4.51. The molecule has 3 aromatic rings. The number of aryl methyl sites for hydroxylation is 1. The van der Waals surface area contributed by atoms with Crippen LogP contribution in [-0.4, -0.2) is 29.7 Å². The molecule has 0 spiro atoms. The van der Waals surface area contributed by atoms with E-state index >= 15 is 0 Å². The van der Waals surface area contributed by atoms with E-state index in [0.717, 1.165) is 54.4 Å². The van der Waals surface area contributed by atoms with Gasteiger partial charge in [-0.3, -0.25) is 0 Å². The highest BCUT2D eigenvalue weighted by molar-refractivity contribution is 6.31. The van der Waals surface area contributed by atoms with Crippen LogP contribution in [0.1, 0.15) is 44.7 Å². The van der Waals surface area contributed by atoms with Crippen LogP contribution in [-0.2, 0) is 6.54 Å². The summed E-state index contributed by atoms with van der Waals surface area (Å²) in [6.45, 7) is 11.6. The van der Waals surface area contributed by atoms with Gasteiger partial charge < -0.3 is 15.5 Å². The van der Waals surface area contributed by atoms with Gasteiger partial charge in [0.1, 0.15) is 5.82 Å². The molecular formula is C26H33ClN4. The number of nitrogens with zero attached hydrogens (tertiary/aromatic N) is 2. The van der Waals surface area contributed by atoms with Crippen LogP contribution in [0.5, 0.6) is 0 Å². The summed E-state index contributed by atoms with van der Waals surface area (Å²) in [6.07, 6.45) is 2.31. The van der Waals surface area contributed by atoms with Crippen molar-refractivity contribution in [3.05, 3.63) is 64.7 Å². The topological polar surface area (TPSA) is 40.2 Å². The fraction of sp³-hybridized carbons (Fsp3) is 0.423. The molecule has 31 heavy (non-hydrogen) atoms. The summed E-state index contributed by atoms with van der Waals surface area (Å²) in [5, 5.41) is 9.32. The molecule has 0 unspecified atom stereocenters. The zero-order valence-corrected chi connectivity index (χ0v) is 19.8. The Hall–Kier alpha value is -2.30. The number of halogens is 1. The van der Waals surface area contributed by atoms with Crippen LogP contribution < -0.4 is 15.5 Å². The van der Waals surface area contributed by atoms with Crippen molar-refractivity contribution in [1.29, 1.82) is 0 Å². The van der Waals surface area contributed by atoms with Crippen molar-refractivity contribution in [2.75, 3.05) is 23.3 Å². The van der Waals surface area contributed by atoms with Gasteiger partial charge in [0, 0.05) is 53.4 Å². The monoisotopic (exact) mass is 436 g/mol. The first kappa shape index (κ1) is 21.9. The lowest BCUT2D eigenvalue weighted by atomic mass is 9.99. The molecule has 0 bridgehead atoms. The second kappa shape index (κ2) is 9.05. The number of hydrogen-bond acceptors (Lipinski definition) is 4. The zero-order chi connectivity index (χ0) is 22.0. The number of pyridine rings is 1. The summed E-state index contributed by atoms with van der Waals surface area (Å²) in [7, 11) is 0. The number of piperidine rings is 1. The van der Waals surface area contributed by atoms with E-state index in [2.05, 4.69) is 78.8 Å². The first-order valence-electron chi connectivity index (χ1n) is 11.2. The maximum Gasteiger partial charge on any atom is 0.129 e. The van der Waals surface area contributed by atoms with Crippen LogP contribution in [0.3, 0.4) is 0 Å². The van der Waals surface area contributed by atoms with Gasteiger partial charge in [-0.25, -0.2) is 4.98 Å². The fourth-order valence-electron chi connectivity index (χ4n) is 4.40. The second-order valence-electron chi connectivity index (χ2n) is 9.64. The molecule has 1 aromatic heterocycles. The summed E-state index contributed by atoms with van der Waals surface area (Å²) in [5.74, 6) is 0.913. The zero-order valence-electron chi connectivity index (χ0n) is 19.0. The van der Waals surface area contributed by atoms with Gasteiger partial charge in [-0.15, -0.1) is 0 Å². The minimum absolute atomic E-state index is 0.160. The van der Waals surface area contributed by atoms with Crippen LogP contribution in [0.2, 0.25) is 5.02 Å². The number of aromatic nitrogens is 1. The van der Waals surface area contributed by atoms with Crippen molar-refractivity contribution in [2.24, 2.45) is 0 Å². The number of hydrogen-bond donors (Lipinski definition) is 2. The van der Waals surface area contributed by atoms with E-state index in [-0.39, 0.29) is 5.54 Å². The predicted molar refractivity (Wildman–Crippen MR) is 133 cm³/mol. The molecule has 4 rings (SSSR count). The first-order valence-corrected chi connectivity index (χ1v) is 11.6. The third kappa shape index (κ3) is 5.50. The van der Waals surface area contributed by atoms with Crippen LogP contribution in [0.4, 0.5) is 11.5 Å². The Morgan fingerprint density at radius 2 is 1.81 bits per heavy atom. The number of fused-ring (bicyclic) bond motifs is 1. The van der Waals surface area contributed by atoms with Crippen molar-refractivity contribution < 1.29 is 0 Å². The summed E-state index contributed by atoms with van der Waals surface area (Å²) in [5.41, 5.74) is 4.76. The molecule has 1 aliphatic rings.